The van der Waals surface area contributed by atoms with Crippen LogP contribution in [0.25, 0.3) is 0 Å². The molecular formula is C4H11IN2. The Hall–Kier alpha value is 0.650. The summed E-state index contributed by atoms with van der Waals surface area (Å²) >= 11 is 2.26. The van der Waals surface area contributed by atoms with Gasteiger partial charge in [0, 0.05) is 10.5 Å². The van der Waals surface area contributed by atoms with Gasteiger partial charge < -0.3 is 11.5 Å². The molecule has 0 aromatic carbocycles. The smallest absolute Gasteiger partial charge is 0.0148 e. The molecule has 44 valence electrons. The van der Waals surface area contributed by atoms with Crippen LogP contribution in [-0.2, 0) is 0 Å². The van der Waals surface area contributed by atoms with Gasteiger partial charge in [-0.25, -0.2) is 0 Å². The van der Waals surface area contributed by atoms with Gasteiger partial charge in [-0.05, 0) is 13.0 Å². The maximum absolute atomic E-state index is 5.50. The van der Waals surface area contributed by atoms with E-state index in [9.17, 15) is 0 Å². The van der Waals surface area contributed by atoms with Crippen LogP contribution in [0, 0.1) is 0 Å². The summed E-state index contributed by atoms with van der Waals surface area (Å²) < 4.78 is 1.01. The van der Waals surface area contributed by atoms with Gasteiger partial charge in [-0.1, -0.05) is 22.6 Å². The molecule has 0 rings (SSSR count). The quantitative estimate of drug-likeness (QED) is 0.517. The predicted molar refractivity (Wildman–Crippen MR) is 40.5 cm³/mol. The molecular weight excluding hydrogens is 203 g/mol. The van der Waals surface area contributed by atoms with Gasteiger partial charge in [0.25, 0.3) is 0 Å². The third-order valence-electron chi connectivity index (χ3n) is 0.736. The molecule has 0 aromatic heterocycles. The average molecular weight is 214 g/mol. The zero-order valence-corrected chi connectivity index (χ0v) is 6.39. The Morgan fingerprint density at radius 1 is 1.57 bits per heavy atom. The van der Waals surface area contributed by atoms with Crippen LogP contribution in [0.5, 0.6) is 0 Å². The SMILES string of the molecule is NCCC(N)CI. The Balaban J connectivity index is 2.83. The van der Waals surface area contributed by atoms with E-state index >= 15 is 0 Å². The number of rotatable bonds is 3. The Morgan fingerprint density at radius 2 is 2.14 bits per heavy atom. The maximum Gasteiger partial charge on any atom is 0.0148 e. The van der Waals surface area contributed by atoms with E-state index < -0.39 is 0 Å². The fourth-order valence-corrected chi connectivity index (χ4v) is 0.732. The Labute approximate surface area is 57.8 Å². The molecule has 2 nitrogen and oxygen atoms in total. The highest BCUT2D eigenvalue weighted by Gasteiger charge is 1.94. The van der Waals surface area contributed by atoms with Crippen LogP contribution in [0.2, 0.25) is 0 Å². The molecule has 0 aliphatic heterocycles. The molecule has 0 aliphatic rings. The van der Waals surface area contributed by atoms with Gasteiger partial charge in [-0.15, -0.1) is 0 Å². The van der Waals surface area contributed by atoms with Crippen LogP contribution in [0.4, 0.5) is 0 Å². The van der Waals surface area contributed by atoms with Crippen LogP contribution in [0.3, 0.4) is 0 Å². The highest BCUT2D eigenvalue weighted by atomic mass is 127. The van der Waals surface area contributed by atoms with E-state index in [0.717, 1.165) is 10.8 Å². The minimum atomic E-state index is 0.311. The van der Waals surface area contributed by atoms with Crippen molar-refractivity contribution in [3.8, 4) is 0 Å². The molecule has 0 aromatic rings. The Kier molecular flexibility index (Phi) is 5.25. The van der Waals surface area contributed by atoms with E-state index in [2.05, 4.69) is 22.6 Å². The molecule has 0 amide bonds. The third-order valence-corrected chi connectivity index (χ3v) is 1.87. The van der Waals surface area contributed by atoms with Gasteiger partial charge in [-0.2, -0.15) is 0 Å². The van der Waals surface area contributed by atoms with Crippen molar-refractivity contribution in [1.82, 2.24) is 0 Å². The highest BCUT2D eigenvalue weighted by molar-refractivity contribution is 14.1. The second kappa shape index (κ2) is 4.80. The van der Waals surface area contributed by atoms with E-state index in [1.807, 2.05) is 0 Å². The lowest BCUT2D eigenvalue weighted by molar-refractivity contribution is 0.692. The second-order valence-corrected chi connectivity index (χ2v) is 2.37. The molecule has 0 bridgehead atoms. The van der Waals surface area contributed by atoms with E-state index in [0.29, 0.717) is 12.6 Å². The Morgan fingerprint density at radius 3 is 2.29 bits per heavy atom. The molecule has 0 saturated heterocycles. The van der Waals surface area contributed by atoms with Crippen LogP contribution >= 0.6 is 22.6 Å². The zero-order chi connectivity index (χ0) is 5.70. The lowest BCUT2D eigenvalue weighted by Crippen LogP contribution is -2.24. The van der Waals surface area contributed by atoms with Crippen LogP contribution in [0.1, 0.15) is 6.42 Å². The zero-order valence-electron chi connectivity index (χ0n) is 4.23. The summed E-state index contributed by atoms with van der Waals surface area (Å²) in [4.78, 5) is 0. The lowest BCUT2D eigenvalue weighted by atomic mass is 10.3. The van der Waals surface area contributed by atoms with E-state index in [4.69, 9.17) is 11.5 Å². The van der Waals surface area contributed by atoms with Crippen molar-refractivity contribution in [2.24, 2.45) is 11.5 Å². The van der Waals surface area contributed by atoms with Gasteiger partial charge in [0.1, 0.15) is 0 Å². The van der Waals surface area contributed by atoms with Crippen molar-refractivity contribution >= 4 is 22.6 Å². The van der Waals surface area contributed by atoms with E-state index in [1.165, 1.54) is 0 Å². The molecule has 1 unspecified atom stereocenters. The molecule has 0 heterocycles. The summed E-state index contributed by atoms with van der Waals surface area (Å²) in [6.45, 7) is 0.712. The van der Waals surface area contributed by atoms with Crippen molar-refractivity contribution in [3.05, 3.63) is 0 Å². The van der Waals surface area contributed by atoms with Gasteiger partial charge in [0.05, 0.1) is 0 Å². The topological polar surface area (TPSA) is 52.0 Å². The fraction of sp³-hybridized carbons (Fsp3) is 1.00. The first-order chi connectivity index (χ1) is 3.31. The van der Waals surface area contributed by atoms with Gasteiger partial charge in [-0.3, -0.25) is 0 Å². The number of hydrogen-bond acceptors (Lipinski definition) is 2. The summed E-state index contributed by atoms with van der Waals surface area (Å²) in [5.41, 5.74) is 10.7. The first-order valence-corrected chi connectivity index (χ1v) is 3.85. The molecule has 0 spiro atoms. The van der Waals surface area contributed by atoms with Crippen molar-refractivity contribution in [1.29, 1.82) is 0 Å². The first-order valence-electron chi connectivity index (χ1n) is 2.33. The van der Waals surface area contributed by atoms with Crippen molar-refractivity contribution in [3.63, 3.8) is 0 Å². The van der Waals surface area contributed by atoms with E-state index in [1.54, 1.807) is 0 Å². The molecule has 1 atom stereocenters. The summed E-state index contributed by atoms with van der Waals surface area (Å²) in [7, 11) is 0. The monoisotopic (exact) mass is 214 g/mol. The second-order valence-electron chi connectivity index (χ2n) is 1.49. The molecule has 4 N–H and O–H groups in total. The number of halogens is 1. The summed E-state index contributed by atoms with van der Waals surface area (Å²) in [5.74, 6) is 0. The molecule has 3 heteroatoms. The lowest BCUT2D eigenvalue weighted by Gasteiger charge is -2.02. The predicted octanol–water partition coefficient (Wildman–Crippen LogP) is 0.0975. The first kappa shape index (κ1) is 7.65. The minimum absolute atomic E-state index is 0.311. The summed E-state index contributed by atoms with van der Waals surface area (Å²) in [5, 5.41) is 0. The Bertz CT molecular complexity index is 40.7. The van der Waals surface area contributed by atoms with Gasteiger partial charge in [0.15, 0.2) is 0 Å². The molecule has 7 heavy (non-hydrogen) atoms. The number of nitrogens with two attached hydrogens (primary N) is 2. The fourth-order valence-electron chi connectivity index (χ4n) is 0.291. The number of alkyl halides is 1. The van der Waals surface area contributed by atoms with Crippen molar-refractivity contribution in [2.75, 3.05) is 11.0 Å². The normalized spacial score (nSPS) is 14.1. The van der Waals surface area contributed by atoms with Gasteiger partial charge >= 0.3 is 0 Å². The van der Waals surface area contributed by atoms with Crippen LogP contribution < -0.4 is 11.5 Å². The molecule has 0 fully saturated rings. The van der Waals surface area contributed by atoms with Gasteiger partial charge in [0.2, 0.25) is 0 Å². The van der Waals surface area contributed by atoms with Crippen LogP contribution in [-0.4, -0.2) is 17.0 Å². The minimum Gasteiger partial charge on any atom is -0.330 e. The summed E-state index contributed by atoms with van der Waals surface area (Å²) in [6, 6.07) is 0.311. The van der Waals surface area contributed by atoms with Crippen LogP contribution in [0.15, 0.2) is 0 Å². The van der Waals surface area contributed by atoms with Crippen molar-refractivity contribution < 1.29 is 0 Å². The van der Waals surface area contributed by atoms with E-state index in [-0.39, 0.29) is 0 Å². The van der Waals surface area contributed by atoms with Crippen molar-refractivity contribution in [2.45, 2.75) is 12.5 Å². The molecule has 0 saturated carbocycles. The summed E-state index contributed by atoms with van der Waals surface area (Å²) in [6.07, 6.45) is 0.947. The molecule has 0 aliphatic carbocycles. The average Bonchev–Trinajstić information content (AvgIpc) is 1.68. The molecule has 0 radical (unpaired) electrons. The third kappa shape index (κ3) is 4.50. The highest BCUT2D eigenvalue weighted by Crippen LogP contribution is 1.90. The standard InChI is InChI=1S/C4H11IN2/c5-3-4(7)1-2-6/h4H,1-3,6-7H2. The maximum atomic E-state index is 5.50. The largest absolute Gasteiger partial charge is 0.330 e. The number of hydrogen-bond donors (Lipinski definition) is 2.